The Morgan fingerprint density at radius 1 is 0.885 bits per heavy atom. The number of nitrogens with one attached hydrogen (secondary N) is 2. The zero-order chi connectivity index (χ0) is 18.5. The number of nitrogens with zero attached hydrogens (tertiary/aromatic N) is 2. The van der Waals surface area contributed by atoms with E-state index in [1.165, 1.54) is 19.3 Å². The number of aromatic nitrogens is 2. The fraction of sp³-hybridized carbons (Fsp3) is 0.100. The minimum Gasteiger partial charge on any atom is -0.324 e. The number of rotatable bonds is 5. The molecule has 6 heteroatoms. The molecule has 2 aromatic carbocycles. The van der Waals surface area contributed by atoms with E-state index in [-0.39, 0.29) is 11.7 Å². The number of hydrogen-bond acceptors (Lipinski definition) is 5. The first-order chi connectivity index (χ1) is 12.5. The Kier molecular flexibility index (Phi) is 5.03. The second-order valence-electron chi connectivity index (χ2n) is 5.88. The van der Waals surface area contributed by atoms with Gasteiger partial charge in [0, 0.05) is 29.3 Å². The minimum atomic E-state index is -0.279. The van der Waals surface area contributed by atoms with Crippen molar-refractivity contribution < 1.29 is 9.59 Å². The van der Waals surface area contributed by atoms with E-state index >= 15 is 0 Å². The van der Waals surface area contributed by atoms with Crippen LogP contribution in [0.25, 0.3) is 0 Å². The summed E-state index contributed by atoms with van der Waals surface area (Å²) in [5, 5.41) is 5.81. The van der Waals surface area contributed by atoms with Gasteiger partial charge in [-0.2, -0.15) is 0 Å². The van der Waals surface area contributed by atoms with Gasteiger partial charge in [-0.1, -0.05) is 29.8 Å². The Morgan fingerprint density at radius 2 is 1.58 bits per heavy atom. The number of Topliss-reactive ketones (excluding diaryl/α,β-unsaturated/α-hetero) is 1. The number of hydrogen-bond donors (Lipinski definition) is 2. The molecule has 0 fully saturated rings. The van der Waals surface area contributed by atoms with Gasteiger partial charge in [0.25, 0.3) is 5.91 Å². The van der Waals surface area contributed by atoms with Gasteiger partial charge in [-0.3, -0.25) is 9.59 Å². The lowest BCUT2D eigenvalue weighted by molar-refractivity contribution is 0.101. The molecule has 130 valence electrons. The van der Waals surface area contributed by atoms with Gasteiger partial charge in [-0.05, 0) is 38.1 Å². The Hall–Kier alpha value is -3.54. The molecule has 1 amide bonds. The van der Waals surface area contributed by atoms with Crippen molar-refractivity contribution >= 4 is 29.0 Å². The van der Waals surface area contributed by atoms with Gasteiger partial charge in [0.05, 0.1) is 5.56 Å². The number of aryl methyl sites for hydroxylation is 1. The Labute approximate surface area is 151 Å². The van der Waals surface area contributed by atoms with Crippen LogP contribution < -0.4 is 10.6 Å². The first-order valence-corrected chi connectivity index (χ1v) is 8.09. The molecule has 1 aromatic heterocycles. The van der Waals surface area contributed by atoms with Crippen molar-refractivity contribution in [1.82, 2.24) is 9.97 Å². The van der Waals surface area contributed by atoms with Crippen LogP contribution in [0.3, 0.4) is 0 Å². The van der Waals surface area contributed by atoms with Crippen LogP contribution in [0.15, 0.2) is 60.9 Å². The molecule has 0 radical (unpaired) electrons. The van der Waals surface area contributed by atoms with Crippen LogP contribution >= 0.6 is 0 Å². The molecule has 0 spiro atoms. The van der Waals surface area contributed by atoms with E-state index in [0.29, 0.717) is 28.5 Å². The molecule has 0 atom stereocenters. The molecule has 0 bridgehead atoms. The summed E-state index contributed by atoms with van der Waals surface area (Å²) in [6.45, 7) is 3.49. The van der Waals surface area contributed by atoms with Gasteiger partial charge in [-0.15, -0.1) is 0 Å². The van der Waals surface area contributed by atoms with Crippen LogP contribution in [-0.4, -0.2) is 21.7 Å². The standard InChI is InChI=1S/C20H18N4O2/c1-13-6-8-17(9-7-13)23-19(26)16-11-21-20(22-12-16)24-18-5-3-4-15(10-18)14(2)25/h3-12H,1-2H3,(H,23,26)(H,21,22,24). The molecule has 0 saturated heterocycles. The molecule has 0 saturated carbocycles. The second kappa shape index (κ2) is 7.57. The van der Waals surface area contributed by atoms with Gasteiger partial charge >= 0.3 is 0 Å². The molecular formula is C20H18N4O2. The summed E-state index contributed by atoms with van der Waals surface area (Å²) >= 11 is 0. The highest BCUT2D eigenvalue weighted by Crippen LogP contribution is 2.16. The number of benzene rings is 2. The maximum atomic E-state index is 12.2. The molecule has 6 nitrogen and oxygen atoms in total. The van der Waals surface area contributed by atoms with Crippen molar-refractivity contribution in [1.29, 1.82) is 0 Å². The topological polar surface area (TPSA) is 84.0 Å². The fourth-order valence-electron chi connectivity index (χ4n) is 2.30. The van der Waals surface area contributed by atoms with E-state index in [9.17, 15) is 9.59 Å². The van der Waals surface area contributed by atoms with E-state index in [1.54, 1.807) is 18.2 Å². The third kappa shape index (κ3) is 4.30. The summed E-state index contributed by atoms with van der Waals surface area (Å²) in [7, 11) is 0. The molecule has 26 heavy (non-hydrogen) atoms. The highest BCUT2D eigenvalue weighted by atomic mass is 16.1. The molecule has 0 aliphatic carbocycles. The van der Waals surface area contributed by atoms with Crippen LogP contribution in [-0.2, 0) is 0 Å². The van der Waals surface area contributed by atoms with Gasteiger partial charge in [0.1, 0.15) is 0 Å². The fourth-order valence-corrected chi connectivity index (χ4v) is 2.30. The molecule has 0 aliphatic heterocycles. The number of anilines is 3. The normalized spacial score (nSPS) is 10.2. The van der Waals surface area contributed by atoms with Crippen LogP contribution in [0.1, 0.15) is 33.2 Å². The quantitative estimate of drug-likeness (QED) is 0.683. The molecule has 2 N–H and O–H groups in total. The maximum Gasteiger partial charge on any atom is 0.258 e. The van der Waals surface area contributed by atoms with Gasteiger partial charge in [0.15, 0.2) is 5.78 Å². The monoisotopic (exact) mass is 346 g/mol. The predicted octanol–water partition coefficient (Wildman–Crippen LogP) is 3.98. The highest BCUT2D eigenvalue weighted by molar-refractivity contribution is 6.03. The van der Waals surface area contributed by atoms with Crippen molar-refractivity contribution in [2.45, 2.75) is 13.8 Å². The van der Waals surface area contributed by atoms with E-state index in [4.69, 9.17) is 0 Å². The molecule has 0 unspecified atom stereocenters. The zero-order valence-corrected chi connectivity index (χ0v) is 14.5. The third-order valence-corrected chi connectivity index (χ3v) is 3.75. The highest BCUT2D eigenvalue weighted by Gasteiger charge is 2.08. The summed E-state index contributed by atoms with van der Waals surface area (Å²) in [5.41, 5.74) is 3.49. The third-order valence-electron chi connectivity index (χ3n) is 3.75. The van der Waals surface area contributed by atoms with Crippen LogP contribution in [0, 0.1) is 6.92 Å². The molecule has 3 aromatic rings. The van der Waals surface area contributed by atoms with Crippen molar-refractivity contribution in [3.05, 3.63) is 77.6 Å². The van der Waals surface area contributed by atoms with Crippen molar-refractivity contribution in [2.24, 2.45) is 0 Å². The number of amides is 1. The number of carbonyl (C=O) groups excluding carboxylic acids is 2. The van der Waals surface area contributed by atoms with Crippen molar-refractivity contribution in [3.8, 4) is 0 Å². The molecule has 3 rings (SSSR count). The maximum absolute atomic E-state index is 12.2. The average molecular weight is 346 g/mol. The lowest BCUT2D eigenvalue weighted by atomic mass is 10.1. The summed E-state index contributed by atoms with van der Waals surface area (Å²) in [6, 6.07) is 14.6. The van der Waals surface area contributed by atoms with E-state index < -0.39 is 0 Å². The van der Waals surface area contributed by atoms with Crippen molar-refractivity contribution in [2.75, 3.05) is 10.6 Å². The summed E-state index contributed by atoms with van der Waals surface area (Å²) in [4.78, 5) is 32.0. The van der Waals surface area contributed by atoms with Gasteiger partial charge in [-0.25, -0.2) is 9.97 Å². The molecule has 1 heterocycles. The Balaban J connectivity index is 1.68. The molecular weight excluding hydrogens is 328 g/mol. The summed E-state index contributed by atoms with van der Waals surface area (Å²) < 4.78 is 0. The Morgan fingerprint density at radius 3 is 2.23 bits per heavy atom. The van der Waals surface area contributed by atoms with Crippen LogP contribution in [0.5, 0.6) is 0 Å². The second-order valence-corrected chi connectivity index (χ2v) is 5.88. The molecule has 0 aliphatic rings. The van der Waals surface area contributed by atoms with E-state index in [1.807, 2.05) is 37.3 Å². The van der Waals surface area contributed by atoms with E-state index in [2.05, 4.69) is 20.6 Å². The summed E-state index contributed by atoms with van der Waals surface area (Å²) in [5.74, 6) is 0.0502. The Bertz CT molecular complexity index is 935. The predicted molar refractivity (Wildman–Crippen MR) is 101 cm³/mol. The first-order valence-electron chi connectivity index (χ1n) is 8.09. The lowest BCUT2D eigenvalue weighted by Gasteiger charge is -2.07. The van der Waals surface area contributed by atoms with E-state index in [0.717, 1.165) is 5.56 Å². The lowest BCUT2D eigenvalue weighted by Crippen LogP contribution is -2.13. The first kappa shape index (κ1) is 17.3. The van der Waals surface area contributed by atoms with Gasteiger partial charge < -0.3 is 10.6 Å². The zero-order valence-electron chi connectivity index (χ0n) is 14.5. The average Bonchev–Trinajstić information content (AvgIpc) is 2.64. The number of ketones is 1. The van der Waals surface area contributed by atoms with Gasteiger partial charge in [0.2, 0.25) is 5.95 Å². The number of carbonyl (C=O) groups is 2. The largest absolute Gasteiger partial charge is 0.324 e. The van der Waals surface area contributed by atoms with Crippen molar-refractivity contribution in [3.63, 3.8) is 0 Å². The minimum absolute atomic E-state index is 0.0160. The van der Waals surface area contributed by atoms with Crippen LogP contribution in [0.4, 0.5) is 17.3 Å². The van der Waals surface area contributed by atoms with Crippen LogP contribution in [0.2, 0.25) is 0 Å². The SMILES string of the molecule is CC(=O)c1cccc(Nc2ncc(C(=O)Nc3ccc(C)cc3)cn2)c1. The smallest absolute Gasteiger partial charge is 0.258 e. The summed E-state index contributed by atoms with van der Waals surface area (Å²) in [6.07, 6.45) is 2.90.